The number of ether oxygens (including phenoxy) is 1. The number of anilines is 2. The number of carbonyl (C=O) groups excluding carboxylic acids is 2. The van der Waals surface area contributed by atoms with Gasteiger partial charge in [-0.25, -0.2) is 4.79 Å². The Morgan fingerprint density at radius 3 is 2.48 bits per heavy atom. The van der Waals surface area contributed by atoms with Gasteiger partial charge in [0.15, 0.2) is 6.10 Å². The van der Waals surface area contributed by atoms with Crippen molar-refractivity contribution in [1.29, 1.82) is 0 Å². The molecule has 130 valence electrons. The van der Waals surface area contributed by atoms with Crippen LogP contribution in [0.25, 0.3) is 0 Å². The molecular formula is C18H18ClN3O3. The highest BCUT2D eigenvalue weighted by Crippen LogP contribution is 2.20. The summed E-state index contributed by atoms with van der Waals surface area (Å²) < 4.78 is 5.59. The summed E-state index contributed by atoms with van der Waals surface area (Å²) in [6.45, 7) is 2.94. The van der Waals surface area contributed by atoms with E-state index in [4.69, 9.17) is 16.3 Å². The van der Waals surface area contributed by atoms with Gasteiger partial charge in [0.2, 0.25) is 0 Å². The Kier molecular flexibility index (Phi) is 5.09. The lowest BCUT2D eigenvalue weighted by Gasteiger charge is -2.16. The Balaban J connectivity index is 1.58. The van der Waals surface area contributed by atoms with Crippen molar-refractivity contribution in [3.63, 3.8) is 0 Å². The predicted molar refractivity (Wildman–Crippen MR) is 97.4 cm³/mol. The number of rotatable bonds is 5. The van der Waals surface area contributed by atoms with Crippen LogP contribution in [0.15, 0.2) is 48.5 Å². The van der Waals surface area contributed by atoms with Gasteiger partial charge in [0.05, 0.1) is 0 Å². The first-order chi connectivity index (χ1) is 12.0. The molecule has 0 bridgehead atoms. The first kappa shape index (κ1) is 17.1. The highest BCUT2D eigenvalue weighted by Gasteiger charge is 2.21. The average molecular weight is 360 g/mol. The zero-order valence-corrected chi connectivity index (χ0v) is 14.4. The summed E-state index contributed by atoms with van der Waals surface area (Å²) in [7, 11) is 0. The van der Waals surface area contributed by atoms with Crippen LogP contribution in [0.2, 0.25) is 5.02 Å². The van der Waals surface area contributed by atoms with Crippen LogP contribution in [0, 0.1) is 0 Å². The van der Waals surface area contributed by atoms with Crippen molar-refractivity contribution in [3.05, 3.63) is 53.6 Å². The molecule has 7 heteroatoms. The van der Waals surface area contributed by atoms with Crippen LogP contribution in [0.1, 0.15) is 6.92 Å². The maximum absolute atomic E-state index is 12.2. The fraction of sp³-hybridized carbons (Fsp3) is 0.222. The largest absolute Gasteiger partial charge is 0.481 e. The molecule has 1 heterocycles. The maximum atomic E-state index is 12.2. The van der Waals surface area contributed by atoms with Crippen LogP contribution in [-0.4, -0.2) is 31.1 Å². The number of hydrogen-bond acceptors (Lipinski definition) is 3. The van der Waals surface area contributed by atoms with Crippen molar-refractivity contribution >= 4 is 34.9 Å². The van der Waals surface area contributed by atoms with Gasteiger partial charge in [0, 0.05) is 29.5 Å². The smallest absolute Gasteiger partial charge is 0.321 e. The fourth-order valence-corrected chi connectivity index (χ4v) is 2.58. The Morgan fingerprint density at radius 2 is 1.88 bits per heavy atom. The van der Waals surface area contributed by atoms with Crippen LogP contribution < -0.4 is 20.3 Å². The fourth-order valence-electron chi connectivity index (χ4n) is 2.46. The van der Waals surface area contributed by atoms with E-state index in [9.17, 15) is 9.59 Å². The molecule has 0 aromatic heterocycles. The maximum Gasteiger partial charge on any atom is 0.321 e. The van der Waals surface area contributed by atoms with E-state index in [2.05, 4.69) is 10.6 Å². The van der Waals surface area contributed by atoms with Gasteiger partial charge in [0.1, 0.15) is 5.75 Å². The molecule has 2 aromatic rings. The third-order valence-electron chi connectivity index (χ3n) is 3.80. The summed E-state index contributed by atoms with van der Waals surface area (Å²) in [6, 6.07) is 13.8. The molecule has 3 amide bonds. The van der Waals surface area contributed by atoms with Gasteiger partial charge in [0.25, 0.3) is 5.91 Å². The van der Waals surface area contributed by atoms with Crippen molar-refractivity contribution in [2.45, 2.75) is 13.0 Å². The van der Waals surface area contributed by atoms with Crippen LogP contribution in [-0.2, 0) is 4.79 Å². The third-order valence-corrected chi connectivity index (χ3v) is 4.05. The quantitative estimate of drug-likeness (QED) is 0.860. The second-order valence-electron chi connectivity index (χ2n) is 5.63. The third kappa shape index (κ3) is 4.22. The lowest BCUT2D eigenvalue weighted by atomic mass is 10.2. The minimum Gasteiger partial charge on any atom is -0.481 e. The molecule has 6 nitrogen and oxygen atoms in total. The molecule has 2 aromatic carbocycles. The number of hydrogen-bond donors (Lipinski definition) is 2. The van der Waals surface area contributed by atoms with Gasteiger partial charge >= 0.3 is 6.03 Å². The first-order valence-corrected chi connectivity index (χ1v) is 8.29. The number of urea groups is 1. The van der Waals surface area contributed by atoms with Gasteiger partial charge in [-0.3, -0.25) is 9.69 Å². The van der Waals surface area contributed by atoms with Crippen LogP contribution in [0.5, 0.6) is 5.75 Å². The second-order valence-corrected chi connectivity index (χ2v) is 6.07. The van der Waals surface area contributed by atoms with E-state index in [-0.39, 0.29) is 11.9 Å². The Hall–Kier alpha value is -2.73. The van der Waals surface area contributed by atoms with Crippen molar-refractivity contribution in [1.82, 2.24) is 5.32 Å². The van der Waals surface area contributed by atoms with Gasteiger partial charge in [-0.15, -0.1) is 0 Å². The van der Waals surface area contributed by atoms with E-state index >= 15 is 0 Å². The number of benzene rings is 2. The first-order valence-electron chi connectivity index (χ1n) is 7.91. The molecule has 3 rings (SSSR count). The topological polar surface area (TPSA) is 70.7 Å². The number of nitrogens with one attached hydrogen (secondary N) is 2. The highest BCUT2D eigenvalue weighted by atomic mass is 35.5. The molecule has 0 aliphatic carbocycles. The summed E-state index contributed by atoms with van der Waals surface area (Å²) in [4.78, 5) is 25.5. The van der Waals surface area contributed by atoms with Crippen molar-refractivity contribution in [2.24, 2.45) is 0 Å². The molecule has 2 N–H and O–H groups in total. The van der Waals surface area contributed by atoms with Crippen molar-refractivity contribution in [3.8, 4) is 5.75 Å². The summed E-state index contributed by atoms with van der Waals surface area (Å²) in [5, 5.41) is 6.15. The predicted octanol–water partition coefficient (Wildman–Crippen LogP) is 3.28. The Morgan fingerprint density at radius 1 is 1.20 bits per heavy atom. The summed E-state index contributed by atoms with van der Waals surface area (Å²) in [5.41, 5.74) is 1.43. The van der Waals surface area contributed by atoms with E-state index in [0.29, 0.717) is 29.5 Å². The summed E-state index contributed by atoms with van der Waals surface area (Å²) in [6.07, 6.45) is -0.662. The molecule has 1 saturated heterocycles. The summed E-state index contributed by atoms with van der Waals surface area (Å²) in [5.74, 6) is 0.309. The Bertz CT molecular complexity index is 762. The van der Waals surface area contributed by atoms with E-state index in [0.717, 1.165) is 5.69 Å². The number of nitrogens with zero attached hydrogens (tertiary/aromatic N) is 1. The number of halogens is 1. The standard InChI is InChI=1S/C18H18ClN3O3/c1-12(25-16-8-2-13(19)3-9-16)17(23)21-14-4-6-15(7-5-14)22-11-10-20-18(22)24/h2-9,12H,10-11H2,1H3,(H,20,24)(H,21,23). The Labute approximate surface area is 150 Å². The summed E-state index contributed by atoms with van der Waals surface area (Å²) >= 11 is 5.82. The molecule has 25 heavy (non-hydrogen) atoms. The van der Waals surface area contributed by atoms with E-state index < -0.39 is 6.10 Å². The normalized spacial score (nSPS) is 14.8. The van der Waals surface area contributed by atoms with Gasteiger partial charge in [-0.05, 0) is 55.5 Å². The highest BCUT2D eigenvalue weighted by molar-refractivity contribution is 6.30. The monoisotopic (exact) mass is 359 g/mol. The van der Waals surface area contributed by atoms with E-state index in [1.807, 2.05) is 0 Å². The molecule has 0 spiro atoms. The molecule has 1 atom stereocenters. The number of amides is 3. The SMILES string of the molecule is CC(Oc1ccc(Cl)cc1)C(=O)Nc1ccc(N2CCNC2=O)cc1. The second kappa shape index (κ2) is 7.44. The van der Waals surface area contributed by atoms with Crippen LogP contribution >= 0.6 is 11.6 Å². The van der Waals surface area contributed by atoms with Crippen LogP contribution in [0.3, 0.4) is 0 Å². The zero-order valence-electron chi connectivity index (χ0n) is 13.7. The van der Waals surface area contributed by atoms with Crippen molar-refractivity contribution in [2.75, 3.05) is 23.3 Å². The minimum absolute atomic E-state index is 0.109. The molecule has 1 unspecified atom stereocenters. The van der Waals surface area contributed by atoms with E-state index in [1.165, 1.54) is 0 Å². The lowest BCUT2D eigenvalue weighted by molar-refractivity contribution is -0.122. The number of carbonyl (C=O) groups is 2. The van der Waals surface area contributed by atoms with E-state index in [1.54, 1.807) is 60.4 Å². The minimum atomic E-state index is -0.662. The molecule has 1 fully saturated rings. The van der Waals surface area contributed by atoms with Crippen LogP contribution in [0.4, 0.5) is 16.2 Å². The van der Waals surface area contributed by atoms with Gasteiger partial charge in [-0.1, -0.05) is 11.6 Å². The zero-order chi connectivity index (χ0) is 17.8. The molecule has 0 saturated carbocycles. The van der Waals surface area contributed by atoms with Crippen molar-refractivity contribution < 1.29 is 14.3 Å². The molecular weight excluding hydrogens is 342 g/mol. The molecule has 1 aliphatic heterocycles. The lowest BCUT2D eigenvalue weighted by Crippen LogP contribution is -2.30. The molecule has 1 aliphatic rings. The average Bonchev–Trinajstić information content (AvgIpc) is 3.03. The van der Waals surface area contributed by atoms with Gasteiger partial charge in [-0.2, -0.15) is 0 Å². The van der Waals surface area contributed by atoms with Gasteiger partial charge < -0.3 is 15.4 Å². The molecule has 0 radical (unpaired) electrons.